The highest BCUT2D eigenvalue weighted by atomic mass is 15.1. The van der Waals surface area contributed by atoms with Crippen LogP contribution in [0, 0.1) is 5.92 Å². The summed E-state index contributed by atoms with van der Waals surface area (Å²) in [6.07, 6.45) is 3.64. The number of pyridine rings is 1. The third-order valence-corrected chi connectivity index (χ3v) is 2.33. The van der Waals surface area contributed by atoms with Gasteiger partial charge in [-0.15, -0.1) is 0 Å². The summed E-state index contributed by atoms with van der Waals surface area (Å²) in [5.41, 5.74) is 2.44. The first-order valence-corrected chi connectivity index (χ1v) is 4.90. The molecule has 0 aliphatic rings. The minimum Gasteiger partial charge on any atom is -0.374 e. The molecule has 76 valence electrons. The Balaban J connectivity index is 2.57. The number of nitrogens with zero attached hydrogens (tertiary/aromatic N) is 2. The second kappa shape index (κ2) is 4.80. The molecule has 0 saturated carbocycles. The Bertz CT molecular complexity index is 290. The van der Waals surface area contributed by atoms with Crippen molar-refractivity contribution in [1.82, 2.24) is 9.88 Å². The van der Waals surface area contributed by atoms with Crippen LogP contribution in [0.3, 0.4) is 0 Å². The van der Waals surface area contributed by atoms with Crippen LogP contribution < -0.4 is 0 Å². The molecule has 1 heterocycles. The fraction of sp³-hybridized carbons (Fsp3) is 0.417. The van der Waals surface area contributed by atoms with Crippen LogP contribution in [0.2, 0.25) is 0 Å². The molecule has 2 nitrogen and oxygen atoms in total. The van der Waals surface area contributed by atoms with Crippen LogP contribution in [0.1, 0.15) is 19.4 Å². The van der Waals surface area contributed by atoms with E-state index in [1.165, 1.54) is 11.3 Å². The van der Waals surface area contributed by atoms with Gasteiger partial charge in [0.15, 0.2) is 0 Å². The summed E-state index contributed by atoms with van der Waals surface area (Å²) in [5, 5.41) is 0. The van der Waals surface area contributed by atoms with Gasteiger partial charge in [-0.25, -0.2) is 0 Å². The molecule has 0 saturated heterocycles. The Kier molecular flexibility index (Phi) is 3.69. The second-order valence-corrected chi connectivity index (χ2v) is 3.86. The van der Waals surface area contributed by atoms with Crippen molar-refractivity contribution in [2.45, 2.75) is 20.4 Å². The highest BCUT2D eigenvalue weighted by Crippen LogP contribution is 2.13. The third-order valence-electron chi connectivity index (χ3n) is 2.33. The van der Waals surface area contributed by atoms with Crippen LogP contribution in [-0.2, 0) is 6.54 Å². The highest BCUT2D eigenvalue weighted by Gasteiger charge is 2.06. The van der Waals surface area contributed by atoms with Crippen LogP contribution in [0.25, 0.3) is 0 Å². The Morgan fingerprint density at radius 3 is 2.50 bits per heavy atom. The number of rotatable bonds is 4. The fourth-order valence-corrected chi connectivity index (χ4v) is 1.30. The van der Waals surface area contributed by atoms with Crippen molar-refractivity contribution in [3.63, 3.8) is 0 Å². The Morgan fingerprint density at radius 2 is 2.00 bits per heavy atom. The summed E-state index contributed by atoms with van der Waals surface area (Å²) < 4.78 is 0. The lowest BCUT2D eigenvalue weighted by Crippen LogP contribution is -2.19. The summed E-state index contributed by atoms with van der Waals surface area (Å²) in [4.78, 5) is 6.17. The lowest BCUT2D eigenvalue weighted by atomic mass is 10.1. The van der Waals surface area contributed by atoms with Gasteiger partial charge in [0.05, 0.1) is 0 Å². The van der Waals surface area contributed by atoms with E-state index in [1.54, 1.807) is 0 Å². The maximum Gasteiger partial charge on any atom is 0.0424 e. The number of hydrogen-bond donors (Lipinski definition) is 0. The zero-order valence-corrected chi connectivity index (χ0v) is 9.20. The Hall–Kier alpha value is -1.31. The molecule has 1 aromatic heterocycles. The van der Waals surface area contributed by atoms with Crippen molar-refractivity contribution < 1.29 is 0 Å². The monoisotopic (exact) mass is 190 g/mol. The second-order valence-electron chi connectivity index (χ2n) is 3.86. The first-order valence-electron chi connectivity index (χ1n) is 4.90. The average molecular weight is 190 g/mol. The quantitative estimate of drug-likeness (QED) is 0.725. The van der Waals surface area contributed by atoms with E-state index in [1.807, 2.05) is 24.5 Å². The van der Waals surface area contributed by atoms with E-state index < -0.39 is 0 Å². The molecule has 0 aliphatic heterocycles. The molecule has 0 aromatic carbocycles. The van der Waals surface area contributed by atoms with Crippen molar-refractivity contribution in [2.75, 3.05) is 7.05 Å². The zero-order chi connectivity index (χ0) is 10.6. The zero-order valence-electron chi connectivity index (χ0n) is 9.20. The summed E-state index contributed by atoms with van der Waals surface area (Å²) in [5.74, 6) is 0.502. The maximum atomic E-state index is 4.06. The summed E-state index contributed by atoms with van der Waals surface area (Å²) in [6, 6.07) is 4.06. The number of hydrogen-bond acceptors (Lipinski definition) is 2. The minimum absolute atomic E-state index is 0.502. The van der Waals surface area contributed by atoms with Gasteiger partial charge >= 0.3 is 0 Å². The standard InChI is InChI=1S/C12H18N2/c1-10(2)11(3)14(4)9-12-5-7-13-8-6-12/h5-8,10H,3,9H2,1-2,4H3. The van der Waals surface area contributed by atoms with Gasteiger partial charge in [-0.05, 0) is 23.6 Å². The average Bonchev–Trinajstić information content (AvgIpc) is 2.18. The normalized spacial score (nSPS) is 10.3. The van der Waals surface area contributed by atoms with Gasteiger partial charge in [0.2, 0.25) is 0 Å². The van der Waals surface area contributed by atoms with Crippen molar-refractivity contribution in [3.05, 3.63) is 42.4 Å². The van der Waals surface area contributed by atoms with Crippen LogP contribution in [-0.4, -0.2) is 16.9 Å². The van der Waals surface area contributed by atoms with E-state index in [0.717, 1.165) is 6.54 Å². The molecule has 14 heavy (non-hydrogen) atoms. The smallest absolute Gasteiger partial charge is 0.0424 e. The molecule has 0 radical (unpaired) electrons. The SMILES string of the molecule is C=C(C(C)C)N(C)Cc1ccncc1. The molecule has 1 rings (SSSR count). The van der Waals surface area contributed by atoms with Gasteiger partial charge in [-0.2, -0.15) is 0 Å². The van der Waals surface area contributed by atoms with E-state index in [9.17, 15) is 0 Å². The van der Waals surface area contributed by atoms with Gasteiger partial charge in [-0.1, -0.05) is 20.4 Å². The Labute approximate surface area is 86.3 Å². The van der Waals surface area contributed by atoms with Crippen LogP contribution in [0.15, 0.2) is 36.8 Å². The molecule has 0 N–H and O–H groups in total. The van der Waals surface area contributed by atoms with Crippen LogP contribution in [0.4, 0.5) is 0 Å². The van der Waals surface area contributed by atoms with Gasteiger partial charge in [0.1, 0.15) is 0 Å². The molecule has 0 amide bonds. The minimum atomic E-state index is 0.502. The van der Waals surface area contributed by atoms with E-state index in [-0.39, 0.29) is 0 Å². The highest BCUT2D eigenvalue weighted by molar-refractivity contribution is 5.11. The molecule has 0 spiro atoms. The fourth-order valence-electron chi connectivity index (χ4n) is 1.30. The molecular formula is C12H18N2. The maximum absolute atomic E-state index is 4.06. The molecule has 0 bridgehead atoms. The van der Waals surface area contributed by atoms with Crippen molar-refractivity contribution in [3.8, 4) is 0 Å². The Morgan fingerprint density at radius 1 is 1.43 bits per heavy atom. The van der Waals surface area contributed by atoms with E-state index in [0.29, 0.717) is 5.92 Å². The summed E-state index contributed by atoms with van der Waals surface area (Å²) >= 11 is 0. The van der Waals surface area contributed by atoms with Gasteiger partial charge in [-0.3, -0.25) is 4.98 Å². The molecule has 0 unspecified atom stereocenters. The molecule has 1 aromatic rings. The topological polar surface area (TPSA) is 16.1 Å². The van der Waals surface area contributed by atoms with E-state index in [4.69, 9.17) is 0 Å². The van der Waals surface area contributed by atoms with Gasteiger partial charge < -0.3 is 4.90 Å². The predicted octanol–water partition coefficient (Wildman–Crippen LogP) is 2.68. The molecular weight excluding hydrogens is 172 g/mol. The number of aromatic nitrogens is 1. The van der Waals surface area contributed by atoms with Crippen LogP contribution >= 0.6 is 0 Å². The first kappa shape index (κ1) is 10.8. The largest absolute Gasteiger partial charge is 0.374 e. The first-order chi connectivity index (χ1) is 6.61. The number of allylic oxidation sites excluding steroid dienone is 1. The predicted molar refractivity (Wildman–Crippen MR) is 59.7 cm³/mol. The van der Waals surface area contributed by atoms with Gasteiger partial charge in [0.25, 0.3) is 0 Å². The molecule has 2 heteroatoms. The van der Waals surface area contributed by atoms with Crippen molar-refractivity contribution in [2.24, 2.45) is 5.92 Å². The molecule has 0 aliphatic carbocycles. The van der Waals surface area contributed by atoms with Crippen LogP contribution in [0.5, 0.6) is 0 Å². The lowest BCUT2D eigenvalue weighted by molar-refractivity contribution is 0.370. The van der Waals surface area contributed by atoms with Crippen molar-refractivity contribution in [1.29, 1.82) is 0 Å². The third kappa shape index (κ3) is 2.87. The van der Waals surface area contributed by atoms with E-state index >= 15 is 0 Å². The summed E-state index contributed by atoms with van der Waals surface area (Å²) in [6.45, 7) is 9.28. The molecule has 0 atom stereocenters. The van der Waals surface area contributed by atoms with Gasteiger partial charge in [0, 0.05) is 31.7 Å². The van der Waals surface area contributed by atoms with E-state index in [2.05, 4.69) is 37.4 Å². The molecule has 0 fully saturated rings. The van der Waals surface area contributed by atoms with Crippen molar-refractivity contribution >= 4 is 0 Å². The summed E-state index contributed by atoms with van der Waals surface area (Å²) in [7, 11) is 2.07. The lowest BCUT2D eigenvalue weighted by Gasteiger charge is -2.24.